The molecule has 3 nitrogen and oxygen atoms in total. The number of benzene rings is 1. The molecule has 2 rings (SSSR count). The predicted molar refractivity (Wildman–Crippen MR) is 83.4 cm³/mol. The van der Waals surface area contributed by atoms with E-state index in [1.54, 1.807) is 6.20 Å². The molecule has 0 fully saturated rings. The van der Waals surface area contributed by atoms with Crippen molar-refractivity contribution in [1.82, 2.24) is 9.78 Å². The molecular weight excluding hydrogens is 407 g/mol. The van der Waals surface area contributed by atoms with Crippen LogP contribution in [0, 0.1) is 3.57 Å². The first-order chi connectivity index (χ1) is 8.63. The van der Waals surface area contributed by atoms with Gasteiger partial charge in [-0.1, -0.05) is 19.1 Å². The van der Waals surface area contributed by atoms with Gasteiger partial charge in [0, 0.05) is 10.1 Å². The third-order valence-corrected chi connectivity index (χ3v) is 4.04. The molecule has 1 aromatic carbocycles. The van der Waals surface area contributed by atoms with E-state index >= 15 is 0 Å². The average molecular weight is 421 g/mol. The quantitative estimate of drug-likeness (QED) is 0.765. The maximum Gasteiger partial charge on any atom is 0.122 e. The number of aliphatic hydroxyl groups excluding tert-OH is 1. The molecule has 0 amide bonds. The average Bonchev–Trinajstić information content (AvgIpc) is 2.71. The van der Waals surface area contributed by atoms with Crippen molar-refractivity contribution in [2.75, 3.05) is 0 Å². The molecule has 0 aliphatic carbocycles. The Labute approximate surface area is 128 Å². The van der Waals surface area contributed by atoms with Gasteiger partial charge in [0.1, 0.15) is 6.10 Å². The summed E-state index contributed by atoms with van der Waals surface area (Å²) in [4.78, 5) is 0. The number of halogens is 2. The molecule has 96 valence electrons. The van der Waals surface area contributed by atoms with E-state index < -0.39 is 6.10 Å². The molecule has 1 N–H and O–H groups in total. The van der Waals surface area contributed by atoms with Gasteiger partial charge in [0.15, 0.2) is 0 Å². The first-order valence-electron chi connectivity index (χ1n) is 5.78. The Morgan fingerprint density at radius 3 is 2.67 bits per heavy atom. The van der Waals surface area contributed by atoms with Crippen molar-refractivity contribution in [3.63, 3.8) is 0 Å². The van der Waals surface area contributed by atoms with E-state index in [2.05, 4.69) is 50.5 Å². The second-order valence-corrected chi connectivity index (χ2v) is 6.15. The predicted octanol–water partition coefficient (Wildman–Crippen LogP) is 3.74. The summed E-state index contributed by atoms with van der Waals surface area (Å²) in [5.41, 5.74) is 1.70. The second kappa shape index (κ2) is 6.16. The number of aliphatic hydroxyl groups is 1. The number of hydrogen-bond donors (Lipinski definition) is 1. The lowest BCUT2D eigenvalue weighted by Crippen LogP contribution is -2.10. The topological polar surface area (TPSA) is 38.0 Å². The lowest BCUT2D eigenvalue weighted by molar-refractivity contribution is 0.206. The van der Waals surface area contributed by atoms with Crippen molar-refractivity contribution in [2.24, 2.45) is 0 Å². The summed E-state index contributed by atoms with van der Waals surface area (Å²) in [7, 11) is 0. The second-order valence-electron chi connectivity index (χ2n) is 4.05. The number of aryl methyl sites for hydroxylation is 1. The van der Waals surface area contributed by atoms with Gasteiger partial charge < -0.3 is 5.11 Å². The Bertz CT molecular complexity index is 524. The Morgan fingerprint density at radius 1 is 1.39 bits per heavy atom. The van der Waals surface area contributed by atoms with Gasteiger partial charge in [-0.05, 0) is 62.6 Å². The van der Waals surface area contributed by atoms with Gasteiger partial charge in [0.05, 0.1) is 16.4 Å². The summed E-state index contributed by atoms with van der Waals surface area (Å²) in [6.07, 6.45) is 2.08. The Balaban J connectivity index is 2.35. The maximum absolute atomic E-state index is 10.5. The van der Waals surface area contributed by atoms with E-state index in [9.17, 15) is 5.11 Å². The molecule has 1 aromatic heterocycles. The van der Waals surface area contributed by atoms with Crippen LogP contribution in [0.5, 0.6) is 0 Å². The monoisotopic (exact) mass is 420 g/mol. The summed E-state index contributed by atoms with van der Waals surface area (Å²) in [5.74, 6) is 0. The molecule has 0 spiro atoms. The zero-order chi connectivity index (χ0) is 13.1. The summed E-state index contributed by atoms with van der Waals surface area (Å²) < 4.78 is 3.86. The van der Waals surface area contributed by atoms with Gasteiger partial charge in [-0.15, -0.1) is 0 Å². The molecule has 0 aliphatic rings. The minimum Gasteiger partial charge on any atom is -0.382 e. The van der Waals surface area contributed by atoms with Gasteiger partial charge in [-0.3, -0.25) is 4.68 Å². The largest absolute Gasteiger partial charge is 0.382 e. The first-order valence-corrected chi connectivity index (χ1v) is 7.65. The van der Waals surface area contributed by atoms with Crippen molar-refractivity contribution in [3.05, 3.63) is 49.8 Å². The summed E-state index contributed by atoms with van der Waals surface area (Å²) in [6, 6.07) is 7.88. The lowest BCUT2D eigenvalue weighted by atomic mass is 10.1. The van der Waals surface area contributed by atoms with Crippen molar-refractivity contribution >= 4 is 38.5 Å². The number of aromatic nitrogens is 2. The maximum atomic E-state index is 10.5. The summed E-state index contributed by atoms with van der Waals surface area (Å²) >= 11 is 5.71. The van der Waals surface area contributed by atoms with Crippen LogP contribution in [0.1, 0.15) is 30.7 Å². The standard InChI is InChI=1S/C13H14BrIN2O/c1-2-7-17-12(11(14)8-16-17)13(18)9-3-5-10(15)6-4-9/h3-6,8,13,18H,2,7H2,1H3. The van der Waals surface area contributed by atoms with E-state index in [1.165, 1.54) is 0 Å². The van der Waals surface area contributed by atoms with Crippen LogP contribution in [0.4, 0.5) is 0 Å². The van der Waals surface area contributed by atoms with Crippen molar-refractivity contribution < 1.29 is 5.11 Å². The normalized spacial score (nSPS) is 12.7. The van der Waals surface area contributed by atoms with Crippen LogP contribution in [-0.2, 0) is 6.54 Å². The fraction of sp³-hybridized carbons (Fsp3) is 0.308. The lowest BCUT2D eigenvalue weighted by Gasteiger charge is -2.14. The molecule has 2 aromatic rings. The SMILES string of the molecule is CCCn1ncc(Br)c1C(O)c1ccc(I)cc1. The van der Waals surface area contributed by atoms with Gasteiger partial charge >= 0.3 is 0 Å². The third-order valence-electron chi connectivity index (χ3n) is 2.71. The molecule has 18 heavy (non-hydrogen) atoms. The van der Waals surface area contributed by atoms with Crippen LogP contribution >= 0.6 is 38.5 Å². The third kappa shape index (κ3) is 2.95. The molecular formula is C13H14BrIN2O. The molecule has 0 aliphatic heterocycles. The minimum absolute atomic E-state index is 0.648. The van der Waals surface area contributed by atoms with E-state index in [-0.39, 0.29) is 0 Å². The molecule has 0 bridgehead atoms. The van der Waals surface area contributed by atoms with Crippen molar-refractivity contribution in [1.29, 1.82) is 0 Å². The van der Waals surface area contributed by atoms with Crippen LogP contribution in [0.2, 0.25) is 0 Å². The highest BCUT2D eigenvalue weighted by Crippen LogP contribution is 2.28. The highest BCUT2D eigenvalue weighted by molar-refractivity contribution is 14.1. The van der Waals surface area contributed by atoms with Crippen LogP contribution in [0.15, 0.2) is 34.9 Å². The Hall–Kier alpha value is -0.400. The van der Waals surface area contributed by atoms with E-state index in [0.29, 0.717) is 0 Å². The molecule has 1 atom stereocenters. The molecule has 1 heterocycles. The highest BCUT2D eigenvalue weighted by atomic mass is 127. The fourth-order valence-corrected chi connectivity index (χ4v) is 2.71. The van der Waals surface area contributed by atoms with Crippen LogP contribution in [0.25, 0.3) is 0 Å². The molecule has 0 radical (unpaired) electrons. The van der Waals surface area contributed by atoms with Gasteiger partial charge in [0.25, 0.3) is 0 Å². The van der Waals surface area contributed by atoms with Crippen LogP contribution < -0.4 is 0 Å². The van der Waals surface area contributed by atoms with Gasteiger partial charge in [0.2, 0.25) is 0 Å². The zero-order valence-electron chi connectivity index (χ0n) is 9.98. The molecule has 0 saturated heterocycles. The summed E-state index contributed by atoms with van der Waals surface area (Å²) in [5, 5.41) is 14.7. The highest BCUT2D eigenvalue weighted by Gasteiger charge is 2.19. The molecule has 5 heteroatoms. The number of nitrogens with zero attached hydrogens (tertiary/aromatic N) is 2. The number of rotatable bonds is 4. The van der Waals surface area contributed by atoms with Gasteiger partial charge in [-0.2, -0.15) is 5.10 Å². The number of hydrogen-bond acceptors (Lipinski definition) is 2. The first kappa shape index (κ1) is 14.0. The Kier molecular flexibility index (Phi) is 4.80. The van der Waals surface area contributed by atoms with Crippen LogP contribution in [-0.4, -0.2) is 14.9 Å². The van der Waals surface area contributed by atoms with E-state index in [0.717, 1.165) is 32.3 Å². The minimum atomic E-state index is -0.648. The fourth-order valence-electron chi connectivity index (χ4n) is 1.84. The van der Waals surface area contributed by atoms with E-state index in [4.69, 9.17) is 0 Å². The van der Waals surface area contributed by atoms with Crippen molar-refractivity contribution in [2.45, 2.75) is 26.0 Å². The molecule has 1 unspecified atom stereocenters. The van der Waals surface area contributed by atoms with Crippen molar-refractivity contribution in [3.8, 4) is 0 Å². The summed E-state index contributed by atoms with van der Waals surface area (Å²) in [6.45, 7) is 2.90. The smallest absolute Gasteiger partial charge is 0.122 e. The van der Waals surface area contributed by atoms with Crippen LogP contribution in [0.3, 0.4) is 0 Å². The zero-order valence-corrected chi connectivity index (χ0v) is 13.7. The van der Waals surface area contributed by atoms with Gasteiger partial charge in [-0.25, -0.2) is 0 Å². The molecule has 0 saturated carbocycles. The Morgan fingerprint density at radius 2 is 2.06 bits per heavy atom. The van der Waals surface area contributed by atoms with E-state index in [1.807, 2.05) is 28.9 Å².